The summed E-state index contributed by atoms with van der Waals surface area (Å²) in [4.78, 5) is 13.0. The van der Waals surface area contributed by atoms with Crippen molar-refractivity contribution in [1.82, 2.24) is 0 Å². The van der Waals surface area contributed by atoms with E-state index in [2.05, 4.69) is 5.32 Å². The molecule has 0 amide bonds. The van der Waals surface area contributed by atoms with E-state index in [-0.39, 0.29) is 5.56 Å². The Labute approximate surface area is 117 Å². The summed E-state index contributed by atoms with van der Waals surface area (Å²) in [5, 5.41) is 12.2. The topological polar surface area (TPSA) is 78.6 Å². The van der Waals surface area contributed by atoms with Crippen LogP contribution in [0.1, 0.15) is 10.4 Å². The monoisotopic (exact) mass is 271 g/mol. The number of nitrogen functional groups attached to an aromatic ring is 1. The molecule has 0 saturated carbocycles. The van der Waals surface area contributed by atoms with Crippen LogP contribution in [0, 0.1) is 0 Å². The predicted molar refractivity (Wildman–Crippen MR) is 81.9 cm³/mol. The molecule has 0 unspecified atom stereocenters. The number of hydrogen-bond acceptors (Lipinski definition) is 4. The van der Waals surface area contributed by atoms with Crippen molar-refractivity contribution in [2.24, 2.45) is 0 Å². The number of hydrogen-bond donors (Lipinski definition) is 3. The van der Waals surface area contributed by atoms with E-state index in [1.807, 2.05) is 43.3 Å². The van der Waals surface area contributed by atoms with E-state index in [1.165, 1.54) is 12.1 Å². The molecule has 0 aliphatic carbocycles. The lowest BCUT2D eigenvalue weighted by Gasteiger charge is -2.19. The number of rotatable bonds is 4. The van der Waals surface area contributed by atoms with Gasteiger partial charge in [-0.25, -0.2) is 4.79 Å². The molecule has 5 nitrogen and oxygen atoms in total. The molecule has 4 N–H and O–H groups in total. The summed E-state index contributed by atoms with van der Waals surface area (Å²) in [7, 11) is 3.88. The zero-order valence-corrected chi connectivity index (χ0v) is 11.4. The largest absolute Gasteiger partial charge is 0.478 e. The van der Waals surface area contributed by atoms with Crippen molar-refractivity contribution in [1.29, 1.82) is 0 Å². The first kappa shape index (κ1) is 13.7. The van der Waals surface area contributed by atoms with Crippen molar-refractivity contribution in [3.05, 3.63) is 48.0 Å². The molecule has 0 spiro atoms. The highest BCUT2D eigenvalue weighted by atomic mass is 16.4. The van der Waals surface area contributed by atoms with Crippen LogP contribution < -0.4 is 16.0 Å². The fourth-order valence-electron chi connectivity index (χ4n) is 1.91. The molecular weight excluding hydrogens is 254 g/mol. The van der Waals surface area contributed by atoms with E-state index in [0.29, 0.717) is 11.4 Å². The minimum Gasteiger partial charge on any atom is -0.478 e. The van der Waals surface area contributed by atoms with Crippen LogP contribution >= 0.6 is 0 Å². The molecule has 0 aromatic heterocycles. The smallest absolute Gasteiger partial charge is 0.335 e. The number of nitrogens with two attached hydrogens (primary N) is 1. The van der Waals surface area contributed by atoms with Crippen molar-refractivity contribution in [2.75, 3.05) is 30.0 Å². The van der Waals surface area contributed by atoms with Gasteiger partial charge in [-0.15, -0.1) is 0 Å². The third kappa shape index (κ3) is 2.83. The molecule has 104 valence electrons. The minimum absolute atomic E-state index is 0.198. The fourth-order valence-corrected chi connectivity index (χ4v) is 1.91. The maximum absolute atomic E-state index is 11.0. The zero-order valence-electron chi connectivity index (χ0n) is 11.4. The number of carbonyl (C=O) groups is 1. The molecule has 20 heavy (non-hydrogen) atoms. The summed E-state index contributed by atoms with van der Waals surface area (Å²) in [6, 6.07) is 12.3. The molecule has 0 bridgehead atoms. The van der Waals surface area contributed by atoms with Gasteiger partial charge in [0.25, 0.3) is 0 Å². The Morgan fingerprint density at radius 3 is 2.50 bits per heavy atom. The number of carboxylic acids is 1. The fraction of sp³-hybridized carbons (Fsp3) is 0.133. The average molecular weight is 271 g/mol. The number of anilines is 4. The van der Waals surface area contributed by atoms with Crippen LogP contribution in [0.5, 0.6) is 0 Å². The Hall–Kier alpha value is -2.69. The van der Waals surface area contributed by atoms with Gasteiger partial charge in [-0.1, -0.05) is 12.1 Å². The molecule has 2 aromatic carbocycles. The molecule has 0 heterocycles. The van der Waals surface area contributed by atoms with Crippen LogP contribution in [-0.2, 0) is 0 Å². The van der Waals surface area contributed by atoms with Gasteiger partial charge in [0.15, 0.2) is 0 Å². The summed E-state index contributed by atoms with van der Waals surface area (Å²) in [5.41, 5.74) is 9.04. The summed E-state index contributed by atoms with van der Waals surface area (Å²) < 4.78 is 0. The molecule has 2 aromatic rings. The van der Waals surface area contributed by atoms with Crippen LogP contribution in [0.4, 0.5) is 22.7 Å². The Bertz CT molecular complexity index is 639. The van der Waals surface area contributed by atoms with E-state index in [4.69, 9.17) is 10.8 Å². The van der Waals surface area contributed by atoms with Gasteiger partial charge in [0.1, 0.15) is 0 Å². The quantitative estimate of drug-likeness (QED) is 0.745. The van der Waals surface area contributed by atoms with E-state index < -0.39 is 5.97 Å². The van der Waals surface area contributed by atoms with Crippen molar-refractivity contribution in [2.45, 2.75) is 0 Å². The SMILES string of the molecule is CN(C)c1ccccc1Nc1cc(C(=O)O)ccc1N. The Morgan fingerprint density at radius 1 is 1.15 bits per heavy atom. The third-order valence-corrected chi connectivity index (χ3v) is 2.96. The van der Waals surface area contributed by atoms with E-state index in [1.54, 1.807) is 6.07 Å². The predicted octanol–water partition coefficient (Wildman–Crippen LogP) is 2.78. The number of benzene rings is 2. The Morgan fingerprint density at radius 2 is 1.85 bits per heavy atom. The number of para-hydroxylation sites is 2. The van der Waals surface area contributed by atoms with Crippen LogP contribution in [-0.4, -0.2) is 25.2 Å². The van der Waals surface area contributed by atoms with Gasteiger partial charge in [0, 0.05) is 14.1 Å². The Kier molecular flexibility index (Phi) is 3.79. The van der Waals surface area contributed by atoms with Crippen molar-refractivity contribution in [3.8, 4) is 0 Å². The second-order valence-corrected chi connectivity index (χ2v) is 4.64. The summed E-state index contributed by atoms with van der Waals surface area (Å²) in [5.74, 6) is -0.978. The maximum atomic E-state index is 11.0. The van der Waals surface area contributed by atoms with Crippen LogP contribution in [0.2, 0.25) is 0 Å². The molecule has 0 radical (unpaired) electrons. The number of carboxylic acid groups (broad SMARTS) is 1. The van der Waals surface area contributed by atoms with Crippen LogP contribution in [0.15, 0.2) is 42.5 Å². The highest BCUT2D eigenvalue weighted by Gasteiger charge is 2.09. The molecule has 2 rings (SSSR count). The second-order valence-electron chi connectivity index (χ2n) is 4.64. The van der Waals surface area contributed by atoms with Crippen LogP contribution in [0.25, 0.3) is 0 Å². The standard InChI is InChI=1S/C15H17N3O2/c1-18(2)14-6-4-3-5-12(14)17-13-9-10(15(19)20)7-8-11(13)16/h3-9,17H,16H2,1-2H3,(H,19,20). The second kappa shape index (κ2) is 5.52. The zero-order chi connectivity index (χ0) is 14.7. The van der Waals surface area contributed by atoms with Crippen LogP contribution in [0.3, 0.4) is 0 Å². The molecule has 0 atom stereocenters. The lowest BCUT2D eigenvalue weighted by molar-refractivity contribution is 0.0697. The Balaban J connectivity index is 2.40. The number of nitrogens with one attached hydrogen (secondary N) is 1. The van der Waals surface area contributed by atoms with Gasteiger partial charge < -0.3 is 21.1 Å². The first-order chi connectivity index (χ1) is 9.49. The van der Waals surface area contributed by atoms with Gasteiger partial charge >= 0.3 is 5.97 Å². The third-order valence-electron chi connectivity index (χ3n) is 2.96. The highest BCUT2D eigenvalue weighted by molar-refractivity contribution is 5.91. The first-order valence-corrected chi connectivity index (χ1v) is 6.15. The van der Waals surface area contributed by atoms with Crippen molar-refractivity contribution in [3.63, 3.8) is 0 Å². The number of aromatic carboxylic acids is 1. The molecule has 0 saturated heterocycles. The van der Waals surface area contributed by atoms with Gasteiger partial charge in [0.2, 0.25) is 0 Å². The average Bonchev–Trinajstić information content (AvgIpc) is 2.41. The first-order valence-electron chi connectivity index (χ1n) is 6.15. The summed E-state index contributed by atoms with van der Waals surface area (Å²) in [6.45, 7) is 0. The highest BCUT2D eigenvalue weighted by Crippen LogP contribution is 2.30. The van der Waals surface area contributed by atoms with Gasteiger partial charge in [0.05, 0.1) is 28.3 Å². The normalized spacial score (nSPS) is 10.1. The molecule has 0 aliphatic rings. The maximum Gasteiger partial charge on any atom is 0.335 e. The number of nitrogens with zero attached hydrogens (tertiary/aromatic N) is 1. The van der Waals surface area contributed by atoms with E-state index >= 15 is 0 Å². The van der Waals surface area contributed by atoms with Gasteiger partial charge in [-0.05, 0) is 30.3 Å². The lowest BCUT2D eigenvalue weighted by Crippen LogP contribution is -2.11. The molecular formula is C15H17N3O2. The van der Waals surface area contributed by atoms with Crippen molar-refractivity contribution < 1.29 is 9.90 Å². The van der Waals surface area contributed by atoms with Gasteiger partial charge in [-0.2, -0.15) is 0 Å². The lowest BCUT2D eigenvalue weighted by atomic mass is 10.1. The van der Waals surface area contributed by atoms with E-state index in [0.717, 1.165) is 11.4 Å². The summed E-state index contributed by atoms with van der Waals surface area (Å²) >= 11 is 0. The molecule has 0 fully saturated rings. The minimum atomic E-state index is -0.978. The van der Waals surface area contributed by atoms with Crippen molar-refractivity contribution >= 4 is 28.7 Å². The molecule has 0 aliphatic heterocycles. The summed E-state index contributed by atoms with van der Waals surface area (Å²) in [6.07, 6.45) is 0. The van der Waals surface area contributed by atoms with Gasteiger partial charge in [-0.3, -0.25) is 0 Å². The molecule has 5 heteroatoms. The van der Waals surface area contributed by atoms with E-state index in [9.17, 15) is 4.79 Å².